The predicted molar refractivity (Wildman–Crippen MR) is 112 cm³/mol. The van der Waals surface area contributed by atoms with Gasteiger partial charge in [0, 0.05) is 26.7 Å². The van der Waals surface area contributed by atoms with Crippen LogP contribution in [-0.2, 0) is 6.42 Å². The van der Waals surface area contributed by atoms with E-state index in [1.54, 1.807) is 23.7 Å². The van der Waals surface area contributed by atoms with Crippen LogP contribution in [0, 0.1) is 0 Å². The Bertz CT molecular complexity index is 1050. The fraction of sp³-hybridized carbons (Fsp3) is 0.100. The van der Waals surface area contributed by atoms with E-state index in [9.17, 15) is 0 Å². The van der Waals surface area contributed by atoms with Crippen molar-refractivity contribution in [1.82, 2.24) is 9.97 Å². The molecule has 4 aromatic rings. The zero-order valence-corrected chi connectivity index (χ0v) is 16.3. The maximum atomic E-state index is 6.11. The molecule has 2 heterocycles. The molecule has 0 atom stereocenters. The number of halogens is 2. The van der Waals surface area contributed by atoms with E-state index in [-0.39, 0.29) is 0 Å². The van der Waals surface area contributed by atoms with Crippen molar-refractivity contribution in [2.45, 2.75) is 13.3 Å². The van der Waals surface area contributed by atoms with Crippen LogP contribution in [0.1, 0.15) is 12.5 Å². The third-order valence-corrected chi connectivity index (χ3v) is 5.49. The molecule has 0 radical (unpaired) electrons. The van der Waals surface area contributed by atoms with Crippen LogP contribution in [0.5, 0.6) is 0 Å². The summed E-state index contributed by atoms with van der Waals surface area (Å²) in [6.45, 7) is 2.15. The zero-order valence-electron chi connectivity index (χ0n) is 14.0. The summed E-state index contributed by atoms with van der Waals surface area (Å²) in [4.78, 5) is 9.80. The Morgan fingerprint density at radius 3 is 2.42 bits per heavy atom. The molecule has 0 aliphatic rings. The lowest BCUT2D eigenvalue weighted by molar-refractivity contribution is 1.14. The first-order valence-electron chi connectivity index (χ1n) is 8.18. The fourth-order valence-corrected chi connectivity index (χ4v) is 4.31. The first-order valence-corrected chi connectivity index (χ1v) is 9.82. The smallest absolute Gasteiger partial charge is 0.143 e. The summed E-state index contributed by atoms with van der Waals surface area (Å²) >= 11 is 13.8. The van der Waals surface area contributed by atoms with Crippen molar-refractivity contribution in [2.75, 3.05) is 5.32 Å². The molecule has 1 N–H and O–H groups in total. The molecule has 6 heteroatoms. The van der Waals surface area contributed by atoms with Crippen molar-refractivity contribution in [3.63, 3.8) is 0 Å². The SMILES string of the molecule is CCc1ccc(-c2csc3ncnc(Nc4cc(Cl)cc(Cl)c4)c23)cc1. The number of nitrogens with one attached hydrogen (secondary N) is 1. The quantitative estimate of drug-likeness (QED) is 0.402. The fourth-order valence-electron chi connectivity index (χ4n) is 2.87. The Hall–Kier alpha value is -2.14. The third-order valence-electron chi connectivity index (χ3n) is 4.17. The summed E-state index contributed by atoms with van der Waals surface area (Å²) in [6, 6.07) is 14.0. The molecule has 0 spiro atoms. The molecular formula is C20H15Cl2N3S. The molecule has 2 aromatic carbocycles. The molecule has 0 unspecified atom stereocenters. The van der Waals surface area contributed by atoms with Crippen LogP contribution >= 0.6 is 34.5 Å². The highest BCUT2D eigenvalue weighted by Crippen LogP contribution is 2.38. The molecule has 0 bridgehead atoms. The van der Waals surface area contributed by atoms with Gasteiger partial charge >= 0.3 is 0 Å². The van der Waals surface area contributed by atoms with Crippen molar-refractivity contribution in [3.05, 3.63) is 69.8 Å². The monoisotopic (exact) mass is 399 g/mol. The van der Waals surface area contributed by atoms with Crippen LogP contribution in [0.25, 0.3) is 21.3 Å². The molecule has 0 saturated heterocycles. The molecule has 0 aliphatic heterocycles. The van der Waals surface area contributed by atoms with Crippen LogP contribution in [-0.4, -0.2) is 9.97 Å². The lowest BCUT2D eigenvalue weighted by Gasteiger charge is -2.09. The van der Waals surface area contributed by atoms with Crippen LogP contribution in [0.2, 0.25) is 10.0 Å². The molecule has 2 aromatic heterocycles. The van der Waals surface area contributed by atoms with Gasteiger partial charge in [0.05, 0.1) is 5.39 Å². The Balaban J connectivity index is 1.81. The second-order valence-electron chi connectivity index (χ2n) is 5.89. The highest BCUT2D eigenvalue weighted by atomic mass is 35.5. The standard InChI is InChI=1S/C20H15Cl2N3S/c1-2-12-3-5-13(6-4-12)17-10-26-20-18(17)19(23-11-24-20)25-16-8-14(21)7-15(22)9-16/h3-11H,2H2,1H3,(H,23,24,25). The van der Waals surface area contributed by atoms with Crippen LogP contribution in [0.3, 0.4) is 0 Å². The number of aryl methyl sites for hydroxylation is 1. The van der Waals surface area contributed by atoms with E-state index in [1.165, 1.54) is 5.56 Å². The van der Waals surface area contributed by atoms with Gasteiger partial charge in [-0.25, -0.2) is 9.97 Å². The molecular weight excluding hydrogens is 385 g/mol. The number of benzene rings is 2. The highest BCUT2D eigenvalue weighted by Gasteiger charge is 2.13. The second kappa shape index (κ2) is 7.23. The summed E-state index contributed by atoms with van der Waals surface area (Å²) in [7, 11) is 0. The van der Waals surface area contributed by atoms with Gasteiger partial charge in [0.15, 0.2) is 0 Å². The van der Waals surface area contributed by atoms with Crippen LogP contribution < -0.4 is 5.32 Å². The number of thiophene rings is 1. The van der Waals surface area contributed by atoms with Gasteiger partial charge < -0.3 is 5.32 Å². The number of rotatable bonds is 4. The first kappa shape index (κ1) is 17.3. The molecule has 3 nitrogen and oxygen atoms in total. The summed E-state index contributed by atoms with van der Waals surface area (Å²) in [5.41, 5.74) is 4.37. The molecule has 0 amide bonds. The highest BCUT2D eigenvalue weighted by molar-refractivity contribution is 7.17. The topological polar surface area (TPSA) is 37.8 Å². The number of hydrogen-bond acceptors (Lipinski definition) is 4. The average molecular weight is 400 g/mol. The molecule has 0 saturated carbocycles. The average Bonchev–Trinajstić information content (AvgIpc) is 3.06. The van der Waals surface area contributed by atoms with E-state index >= 15 is 0 Å². The van der Waals surface area contributed by atoms with E-state index in [0.717, 1.165) is 39.3 Å². The number of anilines is 2. The first-order chi connectivity index (χ1) is 12.6. The number of fused-ring (bicyclic) bond motifs is 1. The van der Waals surface area contributed by atoms with Crippen molar-refractivity contribution >= 4 is 56.3 Å². The van der Waals surface area contributed by atoms with Crippen molar-refractivity contribution < 1.29 is 0 Å². The van der Waals surface area contributed by atoms with Crippen molar-refractivity contribution in [3.8, 4) is 11.1 Å². The van der Waals surface area contributed by atoms with Gasteiger partial charge in [-0.15, -0.1) is 11.3 Å². The molecule has 0 aliphatic carbocycles. The molecule has 26 heavy (non-hydrogen) atoms. The van der Waals surface area contributed by atoms with E-state index in [1.807, 2.05) is 12.1 Å². The van der Waals surface area contributed by atoms with Gasteiger partial charge in [0.1, 0.15) is 17.0 Å². The van der Waals surface area contributed by atoms with Crippen LogP contribution in [0.15, 0.2) is 54.2 Å². The summed E-state index contributed by atoms with van der Waals surface area (Å²) in [5.74, 6) is 0.740. The van der Waals surface area contributed by atoms with Gasteiger partial charge in [-0.3, -0.25) is 0 Å². The lowest BCUT2D eigenvalue weighted by Crippen LogP contribution is -1.95. The normalized spacial score (nSPS) is 11.0. The Kier molecular flexibility index (Phi) is 4.81. The molecule has 0 fully saturated rings. The third kappa shape index (κ3) is 3.40. The summed E-state index contributed by atoms with van der Waals surface area (Å²) < 4.78 is 0. The lowest BCUT2D eigenvalue weighted by atomic mass is 10.0. The van der Waals surface area contributed by atoms with Gasteiger partial charge in [0.25, 0.3) is 0 Å². The Morgan fingerprint density at radius 2 is 1.73 bits per heavy atom. The molecule has 4 rings (SSSR count). The van der Waals surface area contributed by atoms with E-state index in [0.29, 0.717) is 10.0 Å². The second-order valence-corrected chi connectivity index (χ2v) is 7.62. The van der Waals surface area contributed by atoms with Crippen molar-refractivity contribution in [1.29, 1.82) is 0 Å². The van der Waals surface area contributed by atoms with E-state index in [2.05, 4.69) is 51.9 Å². The number of aromatic nitrogens is 2. The number of hydrogen-bond donors (Lipinski definition) is 1. The summed E-state index contributed by atoms with van der Waals surface area (Å²) in [5, 5.41) is 7.60. The largest absolute Gasteiger partial charge is 0.339 e. The minimum Gasteiger partial charge on any atom is -0.339 e. The maximum absolute atomic E-state index is 6.11. The minimum atomic E-state index is 0.575. The van der Waals surface area contributed by atoms with Gasteiger partial charge in [-0.2, -0.15) is 0 Å². The van der Waals surface area contributed by atoms with Crippen molar-refractivity contribution in [2.24, 2.45) is 0 Å². The Labute approximate surface area is 165 Å². The Morgan fingerprint density at radius 1 is 1.00 bits per heavy atom. The van der Waals surface area contributed by atoms with Gasteiger partial charge in [-0.05, 0) is 35.7 Å². The number of nitrogens with zero attached hydrogens (tertiary/aromatic N) is 2. The minimum absolute atomic E-state index is 0.575. The van der Waals surface area contributed by atoms with Gasteiger partial charge in [0.2, 0.25) is 0 Å². The zero-order chi connectivity index (χ0) is 18.1. The van der Waals surface area contributed by atoms with Gasteiger partial charge in [-0.1, -0.05) is 54.4 Å². The summed E-state index contributed by atoms with van der Waals surface area (Å²) in [6.07, 6.45) is 2.59. The predicted octanol–water partition coefficient (Wildman–Crippen LogP) is 6.97. The van der Waals surface area contributed by atoms with E-state index in [4.69, 9.17) is 23.2 Å². The van der Waals surface area contributed by atoms with Crippen LogP contribution in [0.4, 0.5) is 11.5 Å². The maximum Gasteiger partial charge on any atom is 0.143 e. The molecule has 130 valence electrons. The van der Waals surface area contributed by atoms with E-state index < -0.39 is 0 Å².